The number of carboxylic acid groups (broad SMARTS) is 1. The molecule has 0 bridgehead atoms. The lowest BCUT2D eigenvalue weighted by Crippen LogP contribution is -2.07. The van der Waals surface area contributed by atoms with Crippen molar-refractivity contribution >= 4 is 5.97 Å². The quantitative estimate of drug-likeness (QED) is 0.803. The molecular weight excluding hydrogens is 183 g/mol. The molecule has 0 aromatic heterocycles. The van der Waals surface area contributed by atoms with Gasteiger partial charge in [-0.05, 0) is 30.0 Å². The monoisotopic (exact) mass is 196 g/mol. The van der Waals surface area contributed by atoms with Gasteiger partial charge >= 0.3 is 5.97 Å². The number of benzene rings is 1. The Balaban J connectivity index is 2.55. The van der Waals surface area contributed by atoms with Crippen molar-refractivity contribution in [1.29, 1.82) is 0 Å². The second-order valence-electron chi connectivity index (χ2n) is 3.54. The Labute approximate surface area is 82.4 Å². The van der Waals surface area contributed by atoms with E-state index in [4.69, 9.17) is 5.11 Å². The predicted octanol–water partition coefficient (Wildman–Crippen LogP) is 2.48. The van der Waals surface area contributed by atoms with Crippen LogP contribution in [0.25, 0.3) is 0 Å². The van der Waals surface area contributed by atoms with Gasteiger partial charge in [0.05, 0.1) is 0 Å². The van der Waals surface area contributed by atoms with E-state index in [9.17, 15) is 9.18 Å². The molecule has 1 atom stereocenters. The van der Waals surface area contributed by atoms with E-state index in [1.807, 2.05) is 6.92 Å². The normalized spacial score (nSPS) is 12.4. The van der Waals surface area contributed by atoms with Crippen LogP contribution in [-0.2, 0) is 11.2 Å². The minimum Gasteiger partial charge on any atom is -0.481 e. The molecule has 0 aliphatic rings. The topological polar surface area (TPSA) is 37.3 Å². The molecule has 76 valence electrons. The zero-order chi connectivity index (χ0) is 10.6. The lowest BCUT2D eigenvalue weighted by atomic mass is 9.98. The summed E-state index contributed by atoms with van der Waals surface area (Å²) in [5.41, 5.74) is 0.846. The molecule has 1 aromatic carbocycles. The highest BCUT2D eigenvalue weighted by atomic mass is 19.1. The minimum absolute atomic E-state index is 0.0364. The highest BCUT2D eigenvalue weighted by Gasteiger charge is 2.08. The van der Waals surface area contributed by atoms with Gasteiger partial charge in [-0.3, -0.25) is 4.79 Å². The number of hydrogen-bond donors (Lipinski definition) is 1. The van der Waals surface area contributed by atoms with Gasteiger partial charge in [0.15, 0.2) is 0 Å². The average Bonchev–Trinajstić information content (AvgIpc) is 2.01. The fraction of sp³-hybridized carbons (Fsp3) is 0.364. The molecule has 0 aliphatic carbocycles. The number of aliphatic carboxylic acids is 1. The largest absolute Gasteiger partial charge is 0.481 e. The Bertz CT molecular complexity index is 323. The van der Waals surface area contributed by atoms with Crippen LogP contribution in [-0.4, -0.2) is 11.1 Å². The molecule has 0 aliphatic heterocycles. The van der Waals surface area contributed by atoms with E-state index in [2.05, 4.69) is 0 Å². The van der Waals surface area contributed by atoms with E-state index >= 15 is 0 Å². The Morgan fingerprint density at radius 3 is 2.86 bits per heavy atom. The smallest absolute Gasteiger partial charge is 0.303 e. The van der Waals surface area contributed by atoms with Crippen LogP contribution < -0.4 is 0 Å². The van der Waals surface area contributed by atoms with Crippen LogP contribution in [0.2, 0.25) is 0 Å². The van der Waals surface area contributed by atoms with Crippen LogP contribution in [0.5, 0.6) is 0 Å². The maximum absolute atomic E-state index is 12.8. The number of carbonyl (C=O) groups is 1. The molecule has 0 unspecified atom stereocenters. The molecule has 1 N–H and O–H groups in total. The van der Waals surface area contributed by atoms with Crippen LogP contribution in [0.15, 0.2) is 24.3 Å². The summed E-state index contributed by atoms with van der Waals surface area (Å²) in [6.45, 7) is 1.85. The summed E-state index contributed by atoms with van der Waals surface area (Å²) < 4.78 is 12.8. The van der Waals surface area contributed by atoms with Crippen molar-refractivity contribution in [3.05, 3.63) is 35.6 Å². The van der Waals surface area contributed by atoms with E-state index in [-0.39, 0.29) is 18.2 Å². The Morgan fingerprint density at radius 1 is 1.57 bits per heavy atom. The number of carboxylic acids is 1. The number of halogens is 1. The first-order chi connectivity index (χ1) is 6.58. The Kier molecular flexibility index (Phi) is 3.63. The summed E-state index contributed by atoms with van der Waals surface area (Å²) in [5, 5.41) is 8.54. The third kappa shape index (κ3) is 3.56. The molecular formula is C11H13FO2. The predicted molar refractivity (Wildman–Crippen MR) is 51.5 cm³/mol. The highest BCUT2D eigenvalue weighted by molar-refractivity contribution is 5.67. The van der Waals surface area contributed by atoms with Gasteiger partial charge in [-0.15, -0.1) is 0 Å². The zero-order valence-corrected chi connectivity index (χ0v) is 8.03. The molecule has 3 heteroatoms. The lowest BCUT2D eigenvalue weighted by Gasteiger charge is -2.08. The number of hydrogen-bond acceptors (Lipinski definition) is 1. The zero-order valence-electron chi connectivity index (χ0n) is 8.03. The molecule has 0 spiro atoms. The average molecular weight is 196 g/mol. The fourth-order valence-corrected chi connectivity index (χ4v) is 1.44. The van der Waals surface area contributed by atoms with Gasteiger partial charge in [0.1, 0.15) is 5.82 Å². The Morgan fingerprint density at radius 2 is 2.29 bits per heavy atom. The van der Waals surface area contributed by atoms with Crippen molar-refractivity contribution < 1.29 is 14.3 Å². The maximum Gasteiger partial charge on any atom is 0.303 e. The third-order valence-electron chi connectivity index (χ3n) is 2.00. The van der Waals surface area contributed by atoms with Crippen LogP contribution >= 0.6 is 0 Å². The molecule has 1 aromatic rings. The van der Waals surface area contributed by atoms with Crippen molar-refractivity contribution in [1.82, 2.24) is 0 Å². The third-order valence-corrected chi connectivity index (χ3v) is 2.00. The maximum atomic E-state index is 12.8. The summed E-state index contributed by atoms with van der Waals surface area (Å²) in [6, 6.07) is 6.27. The second-order valence-corrected chi connectivity index (χ2v) is 3.54. The molecule has 0 heterocycles. The summed E-state index contributed by atoms with van der Waals surface area (Å²) in [7, 11) is 0. The molecule has 0 fully saturated rings. The first-order valence-corrected chi connectivity index (χ1v) is 4.54. The first kappa shape index (κ1) is 10.7. The fourth-order valence-electron chi connectivity index (χ4n) is 1.44. The lowest BCUT2D eigenvalue weighted by molar-refractivity contribution is -0.137. The SMILES string of the molecule is C[C@H](CC(=O)O)Cc1cccc(F)c1. The molecule has 0 saturated carbocycles. The van der Waals surface area contributed by atoms with Crippen LogP contribution in [0.3, 0.4) is 0 Å². The summed E-state index contributed by atoms with van der Waals surface area (Å²) in [5.74, 6) is -1.05. The molecule has 0 saturated heterocycles. The van der Waals surface area contributed by atoms with Gasteiger partial charge in [0, 0.05) is 6.42 Å². The van der Waals surface area contributed by atoms with E-state index in [1.54, 1.807) is 12.1 Å². The van der Waals surface area contributed by atoms with Gasteiger partial charge in [0.2, 0.25) is 0 Å². The summed E-state index contributed by atoms with van der Waals surface area (Å²) in [6.07, 6.45) is 0.723. The van der Waals surface area contributed by atoms with E-state index in [0.717, 1.165) is 5.56 Å². The van der Waals surface area contributed by atoms with Crippen molar-refractivity contribution in [2.45, 2.75) is 19.8 Å². The molecule has 0 amide bonds. The van der Waals surface area contributed by atoms with Crippen molar-refractivity contribution in [2.75, 3.05) is 0 Å². The van der Waals surface area contributed by atoms with Gasteiger partial charge in [0.25, 0.3) is 0 Å². The second kappa shape index (κ2) is 4.74. The Hall–Kier alpha value is -1.38. The van der Waals surface area contributed by atoms with E-state index < -0.39 is 5.97 Å². The minimum atomic E-state index is -0.811. The van der Waals surface area contributed by atoms with Gasteiger partial charge in [-0.25, -0.2) is 4.39 Å². The summed E-state index contributed by atoms with van der Waals surface area (Å²) in [4.78, 5) is 10.4. The van der Waals surface area contributed by atoms with Crippen LogP contribution in [0.1, 0.15) is 18.9 Å². The molecule has 14 heavy (non-hydrogen) atoms. The highest BCUT2D eigenvalue weighted by Crippen LogP contribution is 2.12. The van der Waals surface area contributed by atoms with Gasteiger partial charge < -0.3 is 5.11 Å². The van der Waals surface area contributed by atoms with Crippen LogP contribution in [0, 0.1) is 11.7 Å². The molecule has 1 rings (SSSR count). The first-order valence-electron chi connectivity index (χ1n) is 4.54. The van der Waals surface area contributed by atoms with E-state index in [1.165, 1.54) is 12.1 Å². The van der Waals surface area contributed by atoms with Crippen LogP contribution in [0.4, 0.5) is 4.39 Å². The standard InChI is InChI=1S/C11H13FO2/c1-8(6-11(13)14)5-9-3-2-4-10(12)7-9/h2-4,7-8H,5-6H2,1H3,(H,13,14)/t8-/m0/s1. The number of rotatable bonds is 4. The summed E-state index contributed by atoms with van der Waals surface area (Å²) >= 11 is 0. The molecule has 0 radical (unpaired) electrons. The van der Waals surface area contributed by atoms with Gasteiger partial charge in [-0.2, -0.15) is 0 Å². The molecule has 2 nitrogen and oxygen atoms in total. The van der Waals surface area contributed by atoms with Crippen molar-refractivity contribution in [3.63, 3.8) is 0 Å². The van der Waals surface area contributed by atoms with Crippen molar-refractivity contribution in [2.24, 2.45) is 5.92 Å². The van der Waals surface area contributed by atoms with Gasteiger partial charge in [-0.1, -0.05) is 19.1 Å². The van der Waals surface area contributed by atoms with E-state index in [0.29, 0.717) is 6.42 Å². The van der Waals surface area contributed by atoms with Crippen molar-refractivity contribution in [3.8, 4) is 0 Å².